The maximum atomic E-state index is 10.3. The van der Waals surface area contributed by atoms with Crippen LogP contribution >= 0.6 is 0 Å². The van der Waals surface area contributed by atoms with Crippen LogP contribution in [0.1, 0.15) is 14.2 Å². The van der Waals surface area contributed by atoms with E-state index in [-0.39, 0.29) is 0 Å². The van der Waals surface area contributed by atoms with Crippen LogP contribution in [0.25, 0.3) is 0 Å². The van der Waals surface area contributed by atoms with Crippen LogP contribution in [0.4, 0.5) is 0 Å². The van der Waals surface area contributed by atoms with Gasteiger partial charge in [-0.15, -0.1) is 0 Å². The highest BCUT2D eigenvalue weighted by atomic mass is 16.5. The van der Waals surface area contributed by atoms with Crippen LogP contribution in [-0.4, -0.2) is 24.2 Å². The van der Waals surface area contributed by atoms with Gasteiger partial charge < -0.3 is 9.84 Å². The molecule has 52 valence electrons. The van der Waals surface area contributed by atoms with Crippen molar-refractivity contribution in [1.29, 1.82) is 0 Å². The summed E-state index contributed by atoms with van der Waals surface area (Å²) in [7, 11) is 1.15. The molecule has 0 heterocycles. The van der Waals surface area contributed by atoms with E-state index in [4.69, 9.17) is 6.48 Å². The molecular weight excluding hydrogens is 124 g/mol. The van der Waals surface area contributed by atoms with Crippen LogP contribution in [0.3, 0.4) is 0 Å². The lowest BCUT2D eigenvalue weighted by molar-refractivity contribution is -0.145. The quantitative estimate of drug-likeness (QED) is 0.553. The molecule has 0 amide bonds. The Morgan fingerprint density at radius 2 is 2.33 bits per heavy atom. The van der Waals surface area contributed by atoms with Gasteiger partial charge in [-0.1, -0.05) is 0 Å². The second-order valence-electron chi connectivity index (χ2n) is 1.32. The zero-order valence-electron chi connectivity index (χ0n) is 5.96. The fourth-order valence-corrected chi connectivity index (χ4v) is 0.254. The van der Waals surface area contributed by atoms with E-state index < -0.39 is 24.8 Å². The lowest BCUT2D eigenvalue weighted by atomic mass is 10.3. The summed E-state index contributed by atoms with van der Waals surface area (Å²) in [6.07, 6.45) is -1.81. The van der Waals surface area contributed by atoms with Gasteiger partial charge in [0.2, 0.25) is 0 Å². The minimum absolute atomic E-state index is 0.397. The molecule has 0 saturated carbocycles. The average Bonchev–Trinajstić information content (AvgIpc) is 1.87. The number of esters is 1. The van der Waals surface area contributed by atoms with E-state index in [1.807, 2.05) is 0 Å². The lowest BCUT2D eigenvalue weighted by Crippen LogP contribution is -2.04. The van der Waals surface area contributed by atoms with E-state index in [0.717, 1.165) is 7.11 Å². The molecule has 0 spiro atoms. The van der Waals surface area contributed by atoms with E-state index in [0.29, 0.717) is 0 Å². The Hall–Kier alpha value is -1.06. The van der Waals surface area contributed by atoms with Gasteiger partial charge in [-0.05, 0) is 0 Å². The van der Waals surface area contributed by atoms with Gasteiger partial charge >= 0.3 is 11.9 Å². The number of methoxy groups -OCH3 is 1. The molecule has 0 aromatic rings. The van der Waals surface area contributed by atoms with Gasteiger partial charge in [0.05, 0.1) is 19.9 Å². The molecule has 9 heavy (non-hydrogen) atoms. The summed E-state index contributed by atoms with van der Waals surface area (Å²) in [6.45, 7) is 0. The molecule has 0 fully saturated rings. The summed E-state index contributed by atoms with van der Waals surface area (Å²) in [4.78, 5) is 20.3. The van der Waals surface area contributed by atoms with Crippen LogP contribution in [0.15, 0.2) is 0 Å². The highest BCUT2D eigenvalue weighted by Crippen LogP contribution is 1.89. The van der Waals surface area contributed by atoms with Crippen molar-refractivity contribution in [2.75, 3.05) is 7.11 Å². The molecule has 0 aliphatic heterocycles. The van der Waals surface area contributed by atoms with Gasteiger partial charge in [-0.2, -0.15) is 0 Å². The van der Waals surface area contributed by atoms with Crippen molar-refractivity contribution in [3.63, 3.8) is 0 Å². The Morgan fingerprint density at radius 1 is 1.78 bits per heavy atom. The number of hydrogen-bond donors (Lipinski definition) is 1. The molecule has 1 unspecified atom stereocenters. The van der Waals surface area contributed by atoms with Crippen molar-refractivity contribution in [3.05, 3.63) is 0 Å². The summed E-state index contributed by atoms with van der Waals surface area (Å²) < 4.78 is 10.9. The normalized spacial score (nSPS) is 13.7. The average molecular weight is 134 g/mol. The molecule has 0 aromatic carbocycles. The van der Waals surface area contributed by atoms with E-state index in [1.54, 1.807) is 0 Å². The van der Waals surface area contributed by atoms with Crippen LogP contribution in [0.5, 0.6) is 0 Å². The molecule has 0 radical (unpaired) electrons. The molecule has 4 nitrogen and oxygen atoms in total. The molecular formula is C5H8O4. The van der Waals surface area contributed by atoms with Crippen molar-refractivity contribution >= 4 is 11.9 Å². The van der Waals surface area contributed by atoms with Gasteiger partial charge in [0.15, 0.2) is 0 Å². The predicted octanol–water partition coefficient (Wildman–Crippen LogP) is 0.0242. The first-order valence-electron chi connectivity index (χ1n) is 2.87. The van der Waals surface area contributed by atoms with Crippen molar-refractivity contribution in [3.8, 4) is 0 Å². The first kappa shape index (κ1) is 6.07. The van der Waals surface area contributed by atoms with Gasteiger partial charge in [-0.25, -0.2) is 0 Å². The fourth-order valence-electron chi connectivity index (χ4n) is 0.254. The smallest absolute Gasteiger partial charge is 0.306 e. The van der Waals surface area contributed by atoms with Crippen LogP contribution in [0, 0.1) is 0 Å². The third-order valence-electron chi connectivity index (χ3n) is 0.671. The third-order valence-corrected chi connectivity index (χ3v) is 0.671. The maximum Gasteiger partial charge on any atom is 0.306 e. The first-order chi connectivity index (χ1) is 4.57. The fraction of sp³-hybridized carbons (Fsp3) is 0.600. The van der Waals surface area contributed by atoms with Gasteiger partial charge in [0.1, 0.15) is 0 Å². The number of carbonyl (C=O) groups excluding carboxylic acids is 1. The number of carboxylic acid groups (broad SMARTS) is 1. The molecule has 0 saturated heterocycles. The zero-order chi connectivity index (χ0) is 8.15. The lowest BCUT2D eigenvalue weighted by Gasteiger charge is -1.92. The Morgan fingerprint density at radius 3 is 2.67 bits per heavy atom. The molecule has 4 heteroatoms. The topological polar surface area (TPSA) is 63.6 Å². The maximum absolute atomic E-state index is 10.3. The number of ether oxygens (including phenoxy) is 1. The Kier molecular flexibility index (Phi) is 2.62. The Balaban J connectivity index is 3.68. The van der Waals surface area contributed by atoms with E-state index in [9.17, 15) is 9.59 Å². The predicted molar refractivity (Wildman–Crippen MR) is 28.9 cm³/mol. The molecule has 0 aliphatic carbocycles. The highest BCUT2D eigenvalue weighted by molar-refractivity contribution is 5.76. The number of aliphatic carboxylic acids is 1. The highest BCUT2D eigenvalue weighted by Gasteiger charge is 2.02. The van der Waals surface area contributed by atoms with Crippen molar-refractivity contribution < 1.29 is 20.8 Å². The zero-order valence-corrected chi connectivity index (χ0v) is 4.96. The second kappa shape index (κ2) is 3.88. The number of rotatable bonds is 3. The molecule has 1 atom stereocenters. The van der Waals surface area contributed by atoms with Crippen molar-refractivity contribution in [2.45, 2.75) is 12.8 Å². The van der Waals surface area contributed by atoms with Gasteiger partial charge in [0, 0.05) is 1.37 Å². The number of carbonyl (C=O) groups is 2. The van der Waals surface area contributed by atoms with Gasteiger partial charge in [0.25, 0.3) is 0 Å². The van der Waals surface area contributed by atoms with E-state index in [1.165, 1.54) is 0 Å². The Bertz CT molecular complexity index is 145. The first-order valence-corrected chi connectivity index (χ1v) is 2.29. The molecule has 0 rings (SSSR count). The summed E-state index contributed by atoms with van der Waals surface area (Å²) in [5, 5.41) is 8.13. The summed E-state index contributed by atoms with van der Waals surface area (Å²) in [5.74, 6) is -1.99. The minimum Gasteiger partial charge on any atom is -0.481 e. The molecule has 0 aliphatic rings. The largest absolute Gasteiger partial charge is 0.481 e. The molecule has 1 N–H and O–H groups in total. The van der Waals surface area contributed by atoms with Gasteiger partial charge in [-0.3, -0.25) is 9.59 Å². The van der Waals surface area contributed by atoms with E-state index >= 15 is 0 Å². The molecule has 0 bridgehead atoms. The standard InChI is InChI=1S/C5H8O4/c1-9-5(8)3-2-4(6)7/h2-3H2,1H3,(H,6,7)/i2T. The summed E-state index contributed by atoms with van der Waals surface area (Å²) in [6, 6.07) is 0. The summed E-state index contributed by atoms with van der Waals surface area (Å²) >= 11 is 0. The van der Waals surface area contributed by atoms with Crippen LogP contribution in [-0.2, 0) is 14.3 Å². The van der Waals surface area contributed by atoms with Crippen molar-refractivity contribution in [2.24, 2.45) is 0 Å². The van der Waals surface area contributed by atoms with Crippen LogP contribution in [0.2, 0.25) is 0 Å². The number of hydrogen-bond acceptors (Lipinski definition) is 3. The minimum atomic E-state index is -1.41. The SMILES string of the molecule is [3H]C(CC(=O)OC)C(=O)O. The third kappa shape index (κ3) is 4.80. The Labute approximate surface area is 53.8 Å². The summed E-state index contributed by atoms with van der Waals surface area (Å²) in [5.41, 5.74) is 0. The monoisotopic (exact) mass is 134 g/mol. The second-order valence-corrected chi connectivity index (χ2v) is 1.32. The number of carboxylic acids is 1. The van der Waals surface area contributed by atoms with Crippen LogP contribution < -0.4 is 0 Å². The van der Waals surface area contributed by atoms with E-state index in [2.05, 4.69) is 4.74 Å². The van der Waals surface area contributed by atoms with Crippen molar-refractivity contribution in [1.82, 2.24) is 0 Å². The molecule has 0 aromatic heterocycles.